The molecule has 2 heterocycles. The van der Waals surface area contributed by atoms with E-state index in [0.717, 1.165) is 25.2 Å². The number of aromatic nitrogens is 1. The molecule has 23 heavy (non-hydrogen) atoms. The van der Waals surface area contributed by atoms with Crippen molar-refractivity contribution in [2.75, 3.05) is 26.2 Å². The summed E-state index contributed by atoms with van der Waals surface area (Å²) in [4.78, 5) is 6.58. The van der Waals surface area contributed by atoms with E-state index >= 15 is 0 Å². The maximum Gasteiger partial charge on any atom is 0.165 e. The summed E-state index contributed by atoms with van der Waals surface area (Å²) in [5, 5.41) is 3.42. The number of nitrogens with zero attached hydrogens (tertiary/aromatic N) is 2. The fourth-order valence-corrected chi connectivity index (χ4v) is 2.99. The van der Waals surface area contributed by atoms with Gasteiger partial charge in [-0.05, 0) is 36.2 Å². The van der Waals surface area contributed by atoms with Crippen LogP contribution in [0, 0.1) is 5.82 Å². The summed E-state index contributed by atoms with van der Waals surface area (Å²) in [6.45, 7) is 5.78. The Hall–Kier alpha value is -1.98. The molecule has 1 aromatic heterocycles. The van der Waals surface area contributed by atoms with Gasteiger partial charge in [-0.1, -0.05) is 12.1 Å². The van der Waals surface area contributed by atoms with E-state index in [9.17, 15) is 4.39 Å². The summed E-state index contributed by atoms with van der Waals surface area (Å²) in [6.07, 6.45) is 3.69. The molecular weight excluding hydrogens is 293 g/mol. The molecule has 122 valence electrons. The van der Waals surface area contributed by atoms with Crippen LogP contribution in [-0.2, 0) is 6.54 Å². The van der Waals surface area contributed by atoms with Crippen LogP contribution >= 0.6 is 0 Å². The van der Waals surface area contributed by atoms with Gasteiger partial charge in [0.05, 0.1) is 6.61 Å². The number of pyridine rings is 1. The van der Waals surface area contributed by atoms with Gasteiger partial charge in [-0.25, -0.2) is 4.39 Å². The SMILES string of the molecule is CCOc1ccc(CN2CCNCC2c2cccnc2)cc1F. The van der Waals surface area contributed by atoms with Gasteiger partial charge in [0.15, 0.2) is 11.6 Å². The van der Waals surface area contributed by atoms with Gasteiger partial charge in [0.1, 0.15) is 0 Å². The fourth-order valence-electron chi connectivity index (χ4n) is 2.99. The van der Waals surface area contributed by atoms with E-state index in [1.54, 1.807) is 18.3 Å². The largest absolute Gasteiger partial charge is 0.491 e. The molecule has 1 aromatic carbocycles. The molecule has 1 unspecified atom stereocenters. The third kappa shape index (κ3) is 3.86. The van der Waals surface area contributed by atoms with E-state index in [1.165, 1.54) is 5.56 Å². The molecule has 0 radical (unpaired) electrons. The summed E-state index contributed by atoms with van der Waals surface area (Å²) in [6, 6.07) is 9.54. The first kappa shape index (κ1) is 15.9. The van der Waals surface area contributed by atoms with Gasteiger partial charge >= 0.3 is 0 Å². The Morgan fingerprint density at radius 1 is 1.39 bits per heavy atom. The van der Waals surface area contributed by atoms with Crippen LogP contribution in [0.3, 0.4) is 0 Å². The quantitative estimate of drug-likeness (QED) is 0.921. The van der Waals surface area contributed by atoms with Gasteiger partial charge in [-0.2, -0.15) is 0 Å². The summed E-state index contributed by atoms with van der Waals surface area (Å²) in [5.41, 5.74) is 2.15. The molecule has 3 rings (SSSR count). The Morgan fingerprint density at radius 2 is 2.30 bits per heavy atom. The summed E-state index contributed by atoms with van der Waals surface area (Å²) < 4.78 is 19.3. The lowest BCUT2D eigenvalue weighted by atomic mass is 10.0. The Balaban J connectivity index is 1.76. The lowest BCUT2D eigenvalue weighted by Gasteiger charge is -2.36. The van der Waals surface area contributed by atoms with E-state index < -0.39 is 0 Å². The van der Waals surface area contributed by atoms with Gasteiger partial charge in [-0.3, -0.25) is 9.88 Å². The third-order valence-electron chi connectivity index (χ3n) is 4.11. The number of hydrogen-bond donors (Lipinski definition) is 1. The van der Waals surface area contributed by atoms with E-state index in [1.807, 2.05) is 25.3 Å². The maximum atomic E-state index is 14.0. The van der Waals surface area contributed by atoms with Crippen LogP contribution in [0.4, 0.5) is 4.39 Å². The van der Waals surface area contributed by atoms with Gasteiger partial charge in [-0.15, -0.1) is 0 Å². The smallest absolute Gasteiger partial charge is 0.165 e. The molecule has 0 saturated carbocycles. The first-order valence-corrected chi connectivity index (χ1v) is 8.04. The van der Waals surface area contributed by atoms with Crippen LogP contribution < -0.4 is 10.1 Å². The van der Waals surface area contributed by atoms with Crippen molar-refractivity contribution in [3.63, 3.8) is 0 Å². The fraction of sp³-hybridized carbons (Fsp3) is 0.389. The minimum atomic E-state index is -0.294. The zero-order chi connectivity index (χ0) is 16.1. The zero-order valence-electron chi connectivity index (χ0n) is 13.3. The van der Waals surface area contributed by atoms with Crippen molar-refractivity contribution in [3.05, 3.63) is 59.7 Å². The van der Waals surface area contributed by atoms with Crippen molar-refractivity contribution < 1.29 is 9.13 Å². The second-order valence-corrected chi connectivity index (χ2v) is 5.67. The summed E-state index contributed by atoms with van der Waals surface area (Å²) in [7, 11) is 0. The van der Waals surface area contributed by atoms with Crippen LogP contribution in [0.25, 0.3) is 0 Å². The Kier molecular flexibility index (Phi) is 5.20. The van der Waals surface area contributed by atoms with E-state index in [0.29, 0.717) is 18.9 Å². The first-order chi connectivity index (χ1) is 11.3. The summed E-state index contributed by atoms with van der Waals surface area (Å²) in [5.74, 6) is 0.0257. The van der Waals surface area contributed by atoms with Crippen molar-refractivity contribution >= 4 is 0 Å². The second-order valence-electron chi connectivity index (χ2n) is 5.67. The molecule has 5 heteroatoms. The Bertz CT molecular complexity index is 635. The molecule has 0 bridgehead atoms. The predicted molar refractivity (Wildman–Crippen MR) is 87.8 cm³/mol. The average Bonchev–Trinajstić information content (AvgIpc) is 2.59. The standard InChI is InChI=1S/C18H22FN3O/c1-2-23-18-6-5-14(10-16(18)19)13-22-9-8-21-12-17(22)15-4-3-7-20-11-15/h3-7,10-11,17,21H,2,8-9,12-13H2,1H3. The number of piperazine rings is 1. The molecule has 0 amide bonds. The normalized spacial score (nSPS) is 18.8. The predicted octanol–water partition coefficient (Wildman–Crippen LogP) is 2.77. The molecule has 2 aromatic rings. The maximum absolute atomic E-state index is 14.0. The molecule has 1 saturated heterocycles. The number of halogens is 1. The number of hydrogen-bond acceptors (Lipinski definition) is 4. The van der Waals surface area contributed by atoms with Gasteiger partial charge < -0.3 is 10.1 Å². The van der Waals surface area contributed by atoms with Crippen molar-refractivity contribution in [3.8, 4) is 5.75 Å². The van der Waals surface area contributed by atoms with E-state index in [-0.39, 0.29) is 11.9 Å². The molecule has 1 aliphatic heterocycles. The van der Waals surface area contributed by atoms with Crippen molar-refractivity contribution in [2.24, 2.45) is 0 Å². The van der Waals surface area contributed by atoms with Crippen LogP contribution in [0.15, 0.2) is 42.7 Å². The Labute approximate surface area is 136 Å². The molecule has 0 spiro atoms. The van der Waals surface area contributed by atoms with Crippen molar-refractivity contribution in [2.45, 2.75) is 19.5 Å². The molecule has 1 atom stereocenters. The molecule has 1 aliphatic rings. The molecular formula is C18H22FN3O. The zero-order valence-corrected chi connectivity index (χ0v) is 13.3. The van der Waals surface area contributed by atoms with Gasteiger partial charge in [0.25, 0.3) is 0 Å². The highest BCUT2D eigenvalue weighted by Gasteiger charge is 2.24. The number of benzene rings is 1. The van der Waals surface area contributed by atoms with Gasteiger partial charge in [0.2, 0.25) is 0 Å². The minimum Gasteiger partial charge on any atom is -0.491 e. The molecule has 0 aliphatic carbocycles. The first-order valence-electron chi connectivity index (χ1n) is 8.04. The molecule has 1 fully saturated rings. The van der Waals surface area contributed by atoms with Crippen molar-refractivity contribution in [1.29, 1.82) is 0 Å². The van der Waals surface area contributed by atoms with Crippen molar-refractivity contribution in [1.82, 2.24) is 15.2 Å². The van der Waals surface area contributed by atoms with E-state index in [2.05, 4.69) is 21.3 Å². The van der Waals surface area contributed by atoms with Gasteiger partial charge in [0, 0.05) is 44.6 Å². The highest BCUT2D eigenvalue weighted by atomic mass is 19.1. The van der Waals surface area contributed by atoms with E-state index in [4.69, 9.17) is 4.74 Å². The van der Waals surface area contributed by atoms with Crippen LogP contribution in [0.5, 0.6) is 5.75 Å². The number of ether oxygens (including phenoxy) is 1. The number of nitrogens with one attached hydrogen (secondary N) is 1. The highest BCUT2D eigenvalue weighted by molar-refractivity contribution is 5.29. The minimum absolute atomic E-state index is 0.257. The molecule has 1 N–H and O–H groups in total. The lowest BCUT2D eigenvalue weighted by Crippen LogP contribution is -2.45. The molecule has 4 nitrogen and oxygen atoms in total. The second kappa shape index (κ2) is 7.53. The third-order valence-corrected chi connectivity index (χ3v) is 4.11. The number of rotatable bonds is 5. The van der Waals surface area contributed by atoms with Crippen LogP contribution in [0.1, 0.15) is 24.1 Å². The average molecular weight is 315 g/mol. The topological polar surface area (TPSA) is 37.4 Å². The lowest BCUT2D eigenvalue weighted by molar-refractivity contribution is 0.153. The van der Waals surface area contributed by atoms with Crippen LogP contribution in [-0.4, -0.2) is 36.1 Å². The highest BCUT2D eigenvalue weighted by Crippen LogP contribution is 2.25. The van der Waals surface area contributed by atoms with Crippen LogP contribution in [0.2, 0.25) is 0 Å². The Morgan fingerprint density at radius 3 is 3.04 bits per heavy atom. The monoisotopic (exact) mass is 315 g/mol. The summed E-state index contributed by atoms with van der Waals surface area (Å²) >= 11 is 0.